The Labute approximate surface area is 119 Å². The van der Waals surface area contributed by atoms with E-state index < -0.39 is 0 Å². The number of para-hydroxylation sites is 1. The van der Waals surface area contributed by atoms with Crippen LogP contribution in [0.5, 0.6) is 0 Å². The van der Waals surface area contributed by atoms with Gasteiger partial charge in [-0.15, -0.1) is 0 Å². The number of anilines is 1. The van der Waals surface area contributed by atoms with Gasteiger partial charge in [-0.1, -0.05) is 18.2 Å². The molecule has 0 spiro atoms. The number of fused-ring (bicyclic) bond motifs is 2. The molecule has 21 heavy (non-hydrogen) atoms. The number of imidazole rings is 1. The van der Waals surface area contributed by atoms with Crippen LogP contribution in [0.15, 0.2) is 48.8 Å². The summed E-state index contributed by atoms with van der Waals surface area (Å²) in [6.45, 7) is 0. The number of aromatic amines is 2. The summed E-state index contributed by atoms with van der Waals surface area (Å²) >= 11 is 0. The molecule has 0 aliphatic rings. The standard InChI is InChI=1S/C15H11N5O/c21-15(14-10-3-1-2-4-11(10)19-20-14)18-9-5-6-12-13(7-9)17-8-16-12/h1-8H,(H,16,17)(H,18,21)(H,19,20). The first kappa shape index (κ1) is 11.7. The molecule has 3 N–H and O–H groups in total. The van der Waals surface area contributed by atoms with E-state index in [4.69, 9.17) is 0 Å². The molecule has 0 saturated heterocycles. The molecule has 0 aliphatic heterocycles. The summed E-state index contributed by atoms with van der Waals surface area (Å²) in [5.74, 6) is -0.244. The fraction of sp³-hybridized carbons (Fsp3) is 0. The largest absolute Gasteiger partial charge is 0.345 e. The number of hydrogen-bond acceptors (Lipinski definition) is 3. The van der Waals surface area contributed by atoms with Gasteiger partial charge in [0.15, 0.2) is 5.69 Å². The molecule has 102 valence electrons. The second kappa shape index (κ2) is 4.45. The summed E-state index contributed by atoms with van der Waals surface area (Å²) in [5, 5.41) is 10.6. The van der Waals surface area contributed by atoms with E-state index >= 15 is 0 Å². The lowest BCUT2D eigenvalue weighted by Crippen LogP contribution is -2.12. The molecule has 4 aromatic rings. The van der Waals surface area contributed by atoms with Gasteiger partial charge >= 0.3 is 0 Å². The average molecular weight is 277 g/mol. The van der Waals surface area contributed by atoms with Crippen LogP contribution in [0.2, 0.25) is 0 Å². The minimum Gasteiger partial charge on any atom is -0.345 e. The van der Waals surface area contributed by atoms with Gasteiger partial charge in [0.2, 0.25) is 0 Å². The van der Waals surface area contributed by atoms with Crippen molar-refractivity contribution >= 4 is 33.5 Å². The van der Waals surface area contributed by atoms with Gasteiger partial charge in [-0.25, -0.2) is 4.98 Å². The number of rotatable bonds is 2. The van der Waals surface area contributed by atoms with E-state index in [0.717, 1.165) is 21.9 Å². The molecule has 0 unspecified atom stereocenters. The van der Waals surface area contributed by atoms with Gasteiger partial charge in [-0.3, -0.25) is 9.89 Å². The van der Waals surface area contributed by atoms with Crippen molar-refractivity contribution in [3.63, 3.8) is 0 Å². The zero-order valence-electron chi connectivity index (χ0n) is 10.9. The summed E-state index contributed by atoms with van der Waals surface area (Å²) in [7, 11) is 0. The zero-order chi connectivity index (χ0) is 14.2. The predicted molar refractivity (Wildman–Crippen MR) is 80.1 cm³/mol. The Bertz CT molecular complexity index is 953. The Hall–Kier alpha value is -3.15. The first-order chi connectivity index (χ1) is 10.3. The molecule has 0 aliphatic carbocycles. The van der Waals surface area contributed by atoms with Crippen LogP contribution in [0.1, 0.15) is 10.5 Å². The summed E-state index contributed by atoms with van der Waals surface area (Å²) in [5.41, 5.74) is 3.66. The van der Waals surface area contributed by atoms with Crippen LogP contribution >= 0.6 is 0 Å². The molecule has 6 heteroatoms. The lowest BCUT2D eigenvalue weighted by molar-refractivity contribution is 0.102. The van der Waals surface area contributed by atoms with Crippen LogP contribution < -0.4 is 5.32 Å². The Balaban J connectivity index is 1.68. The van der Waals surface area contributed by atoms with Gasteiger partial charge < -0.3 is 10.3 Å². The molecular weight excluding hydrogens is 266 g/mol. The molecule has 6 nitrogen and oxygen atoms in total. The fourth-order valence-electron chi connectivity index (χ4n) is 2.34. The summed E-state index contributed by atoms with van der Waals surface area (Å²) in [4.78, 5) is 19.5. The van der Waals surface area contributed by atoms with Crippen molar-refractivity contribution in [3.05, 3.63) is 54.5 Å². The molecule has 0 fully saturated rings. The van der Waals surface area contributed by atoms with Crippen molar-refractivity contribution in [1.29, 1.82) is 0 Å². The maximum Gasteiger partial charge on any atom is 0.276 e. The number of benzene rings is 2. The van der Waals surface area contributed by atoms with Crippen LogP contribution in [0.4, 0.5) is 5.69 Å². The number of carbonyl (C=O) groups excluding carboxylic acids is 1. The quantitative estimate of drug-likeness (QED) is 0.526. The van der Waals surface area contributed by atoms with E-state index in [1.54, 1.807) is 6.33 Å². The van der Waals surface area contributed by atoms with Gasteiger partial charge in [-0.2, -0.15) is 5.10 Å². The SMILES string of the molecule is O=C(Nc1ccc2nc[nH]c2c1)c1n[nH]c2ccccc12. The van der Waals surface area contributed by atoms with Crippen molar-refractivity contribution in [3.8, 4) is 0 Å². The van der Waals surface area contributed by atoms with Crippen molar-refractivity contribution in [2.45, 2.75) is 0 Å². The van der Waals surface area contributed by atoms with Crippen molar-refractivity contribution < 1.29 is 4.79 Å². The first-order valence-corrected chi connectivity index (χ1v) is 6.49. The van der Waals surface area contributed by atoms with E-state index in [-0.39, 0.29) is 5.91 Å². The lowest BCUT2D eigenvalue weighted by Gasteiger charge is -2.03. The fourth-order valence-corrected chi connectivity index (χ4v) is 2.34. The predicted octanol–water partition coefficient (Wildman–Crippen LogP) is 2.69. The summed E-state index contributed by atoms with van der Waals surface area (Å²) in [6, 6.07) is 13.0. The van der Waals surface area contributed by atoms with Gasteiger partial charge in [-0.05, 0) is 24.3 Å². The molecule has 0 atom stereocenters. The van der Waals surface area contributed by atoms with Crippen LogP contribution in [-0.4, -0.2) is 26.1 Å². The molecule has 0 bridgehead atoms. The second-order valence-electron chi connectivity index (χ2n) is 4.71. The molecule has 0 radical (unpaired) electrons. The van der Waals surface area contributed by atoms with Crippen LogP contribution in [0.3, 0.4) is 0 Å². The minimum absolute atomic E-state index is 0.244. The van der Waals surface area contributed by atoms with Gasteiger partial charge in [0.05, 0.1) is 22.9 Å². The molecule has 1 amide bonds. The number of aromatic nitrogens is 4. The first-order valence-electron chi connectivity index (χ1n) is 6.49. The highest BCUT2D eigenvalue weighted by Crippen LogP contribution is 2.19. The number of carbonyl (C=O) groups is 1. The number of H-pyrrole nitrogens is 2. The Morgan fingerprint density at radius 3 is 2.95 bits per heavy atom. The van der Waals surface area contributed by atoms with Crippen molar-refractivity contribution in [2.75, 3.05) is 5.32 Å². The van der Waals surface area contributed by atoms with Gasteiger partial charge in [0, 0.05) is 11.1 Å². The van der Waals surface area contributed by atoms with E-state index in [1.165, 1.54) is 0 Å². The highest BCUT2D eigenvalue weighted by Gasteiger charge is 2.14. The third kappa shape index (κ3) is 1.93. The third-order valence-electron chi connectivity index (χ3n) is 3.36. The maximum absolute atomic E-state index is 12.3. The zero-order valence-corrected chi connectivity index (χ0v) is 10.9. The highest BCUT2D eigenvalue weighted by molar-refractivity contribution is 6.11. The Morgan fingerprint density at radius 2 is 2.00 bits per heavy atom. The molecule has 2 aromatic carbocycles. The van der Waals surface area contributed by atoms with E-state index in [1.807, 2.05) is 42.5 Å². The lowest BCUT2D eigenvalue weighted by atomic mass is 10.2. The number of hydrogen-bond donors (Lipinski definition) is 3. The van der Waals surface area contributed by atoms with E-state index in [2.05, 4.69) is 25.5 Å². The molecule has 0 saturated carbocycles. The second-order valence-corrected chi connectivity index (χ2v) is 4.71. The highest BCUT2D eigenvalue weighted by atomic mass is 16.1. The minimum atomic E-state index is -0.244. The normalized spacial score (nSPS) is 11.0. The molecular formula is C15H11N5O. The van der Waals surface area contributed by atoms with Gasteiger partial charge in [0.1, 0.15) is 0 Å². The molecule has 2 heterocycles. The topological polar surface area (TPSA) is 86.5 Å². The van der Waals surface area contributed by atoms with Gasteiger partial charge in [0.25, 0.3) is 5.91 Å². The average Bonchev–Trinajstić information content (AvgIpc) is 3.13. The maximum atomic E-state index is 12.3. The number of amides is 1. The number of nitrogens with zero attached hydrogens (tertiary/aromatic N) is 2. The van der Waals surface area contributed by atoms with Crippen LogP contribution in [0, 0.1) is 0 Å². The van der Waals surface area contributed by atoms with Crippen molar-refractivity contribution in [1.82, 2.24) is 20.2 Å². The van der Waals surface area contributed by atoms with E-state index in [9.17, 15) is 4.79 Å². The molecule has 4 rings (SSSR count). The summed E-state index contributed by atoms with van der Waals surface area (Å²) < 4.78 is 0. The van der Waals surface area contributed by atoms with E-state index in [0.29, 0.717) is 11.4 Å². The number of nitrogens with one attached hydrogen (secondary N) is 3. The van der Waals surface area contributed by atoms with Crippen LogP contribution in [0.25, 0.3) is 21.9 Å². The van der Waals surface area contributed by atoms with Crippen molar-refractivity contribution in [2.24, 2.45) is 0 Å². The third-order valence-corrected chi connectivity index (χ3v) is 3.36. The monoisotopic (exact) mass is 277 g/mol. The van der Waals surface area contributed by atoms with Crippen LogP contribution in [-0.2, 0) is 0 Å². The smallest absolute Gasteiger partial charge is 0.276 e. The molecule has 2 aromatic heterocycles. The summed E-state index contributed by atoms with van der Waals surface area (Å²) in [6.07, 6.45) is 1.62. The Kier molecular flexibility index (Phi) is 2.47. The Morgan fingerprint density at radius 1 is 1.10 bits per heavy atom.